The molecule has 0 saturated carbocycles. The summed E-state index contributed by atoms with van der Waals surface area (Å²) in [5.41, 5.74) is 0. The number of unbranched alkanes of at least 4 members (excludes halogenated alkanes) is 7. The fraction of sp³-hybridized carbons (Fsp3) is 0.889. The van der Waals surface area contributed by atoms with Gasteiger partial charge in [0.1, 0.15) is 18.3 Å². The topological polar surface area (TPSA) is 68.2 Å². The Morgan fingerprint density at radius 3 is 2.09 bits per heavy atom. The Kier molecular flexibility index (Phi) is 10.7. The predicted molar refractivity (Wildman–Crippen MR) is 90.2 cm³/mol. The third-order valence-electron chi connectivity index (χ3n) is 4.53. The highest BCUT2D eigenvalue weighted by molar-refractivity contribution is 4.92. The Morgan fingerprint density at radius 1 is 0.957 bits per heavy atom. The van der Waals surface area contributed by atoms with E-state index in [0.29, 0.717) is 0 Å². The molecule has 1 aliphatic rings. The van der Waals surface area contributed by atoms with Crippen molar-refractivity contribution in [3.8, 4) is 0 Å². The lowest BCUT2D eigenvalue weighted by Gasteiger charge is -2.22. The molecular formula is C18H34O5. The number of allylic oxidation sites excluding steroid dienone is 1. The van der Waals surface area contributed by atoms with Crippen LogP contribution in [0.4, 0.5) is 0 Å². The van der Waals surface area contributed by atoms with Crippen molar-refractivity contribution in [2.75, 3.05) is 14.2 Å². The second kappa shape index (κ2) is 12.0. The van der Waals surface area contributed by atoms with Gasteiger partial charge in [-0.1, -0.05) is 44.6 Å². The Hall–Kier alpha value is -0.460. The number of hydrogen-bond donors (Lipinski definition) is 2. The average Bonchev–Trinajstić information content (AvgIpc) is 2.83. The number of rotatable bonds is 13. The smallest absolute Gasteiger partial charge is 0.185 e. The lowest BCUT2D eigenvalue weighted by molar-refractivity contribution is -0.192. The predicted octanol–water partition coefficient (Wildman–Crippen LogP) is 2.79. The molecule has 5 nitrogen and oxygen atoms in total. The minimum atomic E-state index is -0.963. The fourth-order valence-corrected chi connectivity index (χ4v) is 3.12. The number of ether oxygens (including phenoxy) is 3. The summed E-state index contributed by atoms with van der Waals surface area (Å²) < 4.78 is 16.0. The first kappa shape index (κ1) is 20.6. The highest BCUT2D eigenvalue weighted by Gasteiger charge is 2.46. The van der Waals surface area contributed by atoms with Crippen LogP contribution >= 0.6 is 0 Å². The molecule has 0 aromatic heterocycles. The highest BCUT2D eigenvalue weighted by Crippen LogP contribution is 2.28. The molecule has 0 aromatic carbocycles. The van der Waals surface area contributed by atoms with E-state index in [0.717, 1.165) is 25.7 Å². The molecule has 0 spiro atoms. The zero-order valence-electron chi connectivity index (χ0n) is 14.7. The maximum absolute atomic E-state index is 10.1. The molecule has 23 heavy (non-hydrogen) atoms. The van der Waals surface area contributed by atoms with Gasteiger partial charge < -0.3 is 24.4 Å². The van der Waals surface area contributed by atoms with Crippen LogP contribution in [0.3, 0.4) is 0 Å². The van der Waals surface area contributed by atoms with Crippen molar-refractivity contribution < 1.29 is 24.4 Å². The van der Waals surface area contributed by atoms with Gasteiger partial charge in [0.25, 0.3) is 0 Å². The zero-order chi connectivity index (χ0) is 17.1. The van der Waals surface area contributed by atoms with E-state index in [1.54, 1.807) is 0 Å². The van der Waals surface area contributed by atoms with E-state index in [1.165, 1.54) is 46.3 Å². The summed E-state index contributed by atoms with van der Waals surface area (Å²) in [4.78, 5) is 0. The second-order valence-electron chi connectivity index (χ2n) is 6.30. The highest BCUT2D eigenvalue weighted by atomic mass is 16.7. The van der Waals surface area contributed by atoms with E-state index in [-0.39, 0.29) is 6.10 Å². The van der Waals surface area contributed by atoms with Crippen LogP contribution in [0.1, 0.15) is 57.8 Å². The van der Waals surface area contributed by atoms with Gasteiger partial charge in [0, 0.05) is 14.2 Å². The minimum Gasteiger partial charge on any atom is -0.388 e. The molecule has 136 valence electrons. The van der Waals surface area contributed by atoms with Gasteiger partial charge in [0.15, 0.2) is 6.29 Å². The molecule has 0 bridgehead atoms. The van der Waals surface area contributed by atoms with Crippen LogP contribution in [0.2, 0.25) is 0 Å². The van der Waals surface area contributed by atoms with Crippen molar-refractivity contribution in [3.63, 3.8) is 0 Å². The fourth-order valence-electron chi connectivity index (χ4n) is 3.12. The summed E-state index contributed by atoms with van der Waals surface area (Å²) >= 11 is 0. The summed E-state index contributed by atoms with van der Waals surface area (Å²) in [7, 11) is 3.00. The van der Waals surface area contributed by atoms with Crippen molar-refractivity contribution in [2.24, 2.45) is 0 Å². The van der Waals surface area contributed by atoms with E-state index >= 15 is 0 Å². The minimum absolute atomic E-state index is 0.338. The Bertz CT molecular complexity index is 306. The van der Waals surface area contributed by atoms with Gasteiger partial charge in [-0.3, -0.25) is 0 Å². The monoisotopic (exact) mass is 330 g/mol. The number of methoxy groups -OCH3 is 2. The molecule has 0 aromatic rings. The number of hydrogen-bond acceptors (Lipinski definition) is 5. The second-order valence-corrected chi connectivity index (χ2v) is 6.30. The zero-order valence-corrected chi connectivity index (χ0v) is 14.7. The van der Waals surface area contributed by atoms with Crippen molar-refractivity contribution in [1.29, 1.82) is 0 Å². The first-order chi connectivity index (χ1) is 11.2. The van der Waals surface area contributed by atoms with Gasteiger partial charge in [-0.05, 0) is 19.3 Å². The average molecular weight is 330 g/mol. The summed E-state index contributed by atoms with van der Waals surface area (Å²) in [5, 5.41) is 20.2. The van der Waals surface area contributed by atoms with Crippen molar-refractivity contribution in [1.82, 2.24) is 0 Å². The van der Waals surface area contributed by atoms with Gasteiger partial charge in [-0.2, -0.15) is 0 Å². The van der Waals surface area contributed by atoms with Crippen LogP contribution in [0.25, 0.3) is 0 Å². The largest absolute Gasteiger partial charge is 0.388 e. The molecule has 0 amide bonds. The number of aliphatic hydroxyl groups is 2. The summed E-state index contributed by atoms with van der Waals surface area (Å²) in [6.07, 6.45) is 8.79. The molecular weight excluding hydrogens is 296 g/mol. The molecule has 1 aliphatic heterocycles. The first-order valence-corrected chi connectivity index (χ1v) is 8.83. The third kappa shape index (κ3) is 6.89. The molecule has 0 radical (unpaired) electrons. The normalized spacial score (nSPS) is 27.7. The summed E-state index contributed by atoms with van der Waals surface area (Å²) in [6, 6.07) is 0. The van der Waals surface area contributed by atoms with Crippen LogP contribution in [-0.4, -0.2) is 55.1 Å². The maximum Gasteiger partial charge on any atom is 0.185 e. The molecule has 4 atom stereocenters. The van der Waals surface area contributed by atoms with Crippen molar-refractivity contribution in [3.05, 3.63) is 12.7 Å². The molecule has 1 fully saturated rings. The Balaban J connectivity index is 2.14. The van der Waals surface area contributed by atoms with Gasteiger partial charge in [0.2, 0.25) is 0 Å². The third-order valence-corrected chi connectivity index (χ3v) is 4.53. The lowest BCUT2D eigenvalue weighted by Crippen LogP contribution is -2.40. The van der Waals surface area contributed by atoms with Crippen LogP contribution in [0.15, 0.2) is 12.7 Å². The van der Waals surface area contributed by atoms with Gasteiger partial charge in [-0.25, -0.2) is 0 Å². The van der Waals surface area contributed by atoms with Crippen LogP contribution in [0.5, 0.6) is 0 Å². The van der Waals surface area contributed by atoms with Crippen LogP contribution < -0.4 is 0 Å². The van der Waals surface area contributed by atoms with Crippen molar-refractivity contribution in [2.45, 2.75) is 88.5 Å². The van der Waals surface area contributed by atoms with E-state index < -0.39 is 24.6 Å². The SMILES string of the molecule is C=CCCCCCCCCC[C@H]1O[C@H](C(OC)OC)[C@@H](O)[C@@H]1O. The van der Waals surface area contributed by atoms with E-state index in [2.05, 4.69) is 6.58 Å². The standard InChI is InChI=1S/C18H34O5/c1-4-5-6-7-8-9-10-11-12-13-14-15(19)16(20)17(23-14)18(21-2)22-3/h4,14-20H,1,5-13H2,2-3H3/t14-,15-,16+,17+/m1/s1. The Labute approximate surface area is 140 Å². The molecule has 1 rings (SSSR count). The first-order valence-electron chi connectivity index (χ1n) is 8.83. The quantitative estimate of drug-likeness (QED) is 0.309. The van der Waals surface area contributed by atoms with Crippen LogP contribution in [-0.2, 0) is 14.2 Å². The van der Waals surface area contributed by atoms with Gasteiger partial charge in [-0.15, -0.1) is 6.58 Å². The van der Waals surface area contributed by atoms with E-state index in [4.69, 9.17) is 14.2 Å². The van der Waals surface area contributed by atoms with Crippen LogP contribution in [0, 0.1) is 0 Å². The van der Waals surface area contributed by atoms with E-state index in [1.807, 2.05) is 6.08 Å². The number of aliphatic hydroxyl groups excluding tert-OH is 2. The molecule has 2 N–H and O–H groups in total. The van der Waals surface area contributed by atoms with E-state index in [9.17, 15) is 10.2 Å². The molecule has 0 aliphatic carbocycles. The molecule has 1 saturated heterocycles. The molecule has 1 heterocycles. The molecule has 5 heteroatoms. The molecule has 0 unspecified atom stereocenters. The van der Waals surface area contributed by atoms with Gasteiger partial charge >= 0.3 is 0 Å². The Morgan fingerprint density at radius 2 is 1.52 bits per heavy atom. The van der Waals surface area contributed by atoms with Gasteiger partial charge in [0.05, 0.1) is 6.10 Å². The summed E-state index contributed by atoms with van der Waals surface area (Å²) in [6.45, 7) is 3.73. The van der Waals surface area contributed by atoms with Crippen molar-refractivity contribution >= 4 is 0 Å². The maximum atomic E-state index is 10.1. The lowest BCUT2D eigenvalue weighted by atomic mass is 10.0. The summed E-state index contributed by atoms with van der Waals surface area (Å²) in [5.74, 6) is 0.